The first-order chi connectivity index (χ1) is 8.83. The molecule has 3 rings (SSSR count). The predicted molar refractivity (Wildman–Crippen MR) is 69.0 cm³/mol. The third kappa shape index (κ3) is 2.91. The minimum atomic E-state index is -0.0514. The van der Waals surface area contributed by atoms with E-state index in [-0.39, 0.29) is 6.04 Å². The highest BCUT2D eigenvalue weighted by Crippen LogP contribution is 2.37. The fraction of sp³-hybridized carbons (Fsp3) is 0.857. The standard InChI is InChI=1S/C14H23N3O/c15-12(9-10-7-8-10)14-16-13(17-18-14)11-5-3-1-2-4-6-11/h10-12H,1-9,15H2. The first kappa shape index (κ1) is 12.2. The zero-order valence-electron chi connectivity index (χ0n) is 11.0. The summed E-state index contributed by atoms with van der Waals surface area (Å²) in [6.07, 6.45) is 11.3. The molecule has 1 unspecified atom stereocenters. The lowest BCUT2D eigenvalue weighted by Gasteiger charge is -2.08. The average Bonchev–Trinajstić information content (AvgIpc) is 3.11. The molecule has 2 fully saturated rings. The Morgan fingerprint density at radius 1 is 1.11 bits per heavy atom. The van der Waals surface area contributed by atoms with E-state index in [9.17, 15) is 0 Å². The van der Waals surface area contributed by atoms with E-state index < -0.39 is 0 Å². The van der Waals surface area contributed by atoms with Crippen LogP contribution in [0, 0.1) is 5.92 Å². The fourth-order valence-corrected chi connectivity index (χ4v) is 2.91. The van der Waals surface area contributed by atoms with Crippen molar-refractivity contribution in [1.82, 2.24) is 10.1 Å². The molecule has 0 spiro atoms. The van der Waals surface area contributed by atoms with Crippen molar-refractivity contribution < 1.29 is 4.52 Å². The lowest BCUT2D eigenvalue weighted by Crippen LogP contribution is -2.11. The molecule has 0 aliphatic heterocycles. The molecule has 0 aromatic carbocycles. The maximum absolute atomic E-state index is 6.11. The van der Waals surface area contributed by atoms with Gasteiger partial charge in [-0.1, -0.05) is 43.7 Å². The van der Waals surface area contributed by atoms with Crippen LogP contribution in [0.25, 0.3) is 0 Å². The van der Waals surface area contributed by atoms with Crippen LogP contribution < -0.4 is 5.73 Å². The topological polar surface area (TPSA) is 64.9 Å². The number of aromatic nitrogens is 2. The second kappa shape index (κ2) is 5.39. The number of rotatable bonds is 4. The molecule has 2 N–H and O–H groups in total. The van der Waals surface area contributed by atoms with Crippen LogP contribution >= 0.6 is 0 Å². The number of nitrogens with two attached hydrogens (primary N) is 1. The molecule has 1 aromatic heterocycles. The summed E-state index contributed by atoms with van der Waals surface area (Å²) in [5, 5.41) is 4.16. The van der Waals surface area contributed by atoms with Crippen LogP contribution in [0.3, 0.4) is 0 Å². The van der Waals surface area contributed by atoms with Gasteiger partial charge in [0.05, 0.1) is 6.04 Å². The van der Waals surface area contributed by atoms with Gasteiger partial charge in [-0.25, -0.2) is 0 Å². The van der Waals surface area contributed by atoms with Crippen molar-refractivity contribution in [3.8, 4) is 0 Å². The van der Waals surface area contributed by atoms with E-state index in [1.807, 2.05) is 0 Å². The van der Waals surface area contributed by atoms with Crippen molar-refractivity contribution in [1.29, 1.82) is 0 Å². The number of nitrogens with zero attached hydrogens (tertiary/aromatic N) is 2. The molecule has 18 heavy (non-hydrogen) atoms. The molecule has 1 heterocycles. The Bertz CT molecular complexity index is 378. The Balaban J connectivity index is 1.63. The Hall–Kier alpha value is -0.900. The van der Waals surface area contributed by atoms with E-state index in [0.717, 1.165) is 18.2 Å². The van der Waals surface area contributed by atoms with Gasteiger partial charge >= 0.3 is 0 Å². The first-order valence-electron chi connectivity index (χ1n) is 7.42. The molecule has 0 bridgehead atoms. The summed E-state index contributed by atoms with van der Waals surface area (Å²) >= 11 is 0. The largest absolute Gasteiger partial charge is 0.338 e. The number of hydrogen-bond acceptors (Lipinski definition) is 4. The van der Waals surface area contributed by atoms with Crippen molar-refractivity contribution in [3.63, 3.8) is 0 Å². The third-order valence-corrected chi connectivity index (χ3v) is 4.28. The van der Waals surface area contributed by atoms with Gasteiger partial charge in [0.2, 0.25) is 5.89 Å². The van der Waals surface area contributed by atoms with Crippen molar-refractivity contribution in [2.45, 2.75) is 69.7 Å². The summed E-state index contributed by atoms with van der Waals surface area (Å²) in [6, 6.07) is -0.0514. The van der Waals surface area contributed by atoms with Gasteiger partial charge in [0, 0.05) is 5.92 Å². The van der Waals surface area contributed by atoms with Gasteiger partial charge in [0.15, 0.2) is 5.82 Å². The Labute approximate surface area is 108 Å². The molecule has 1 aromatic rings. The molecule has 0 saturated heterocycles. The molecule has 2 aliphatic rings. The van der Waals surface area contributed by atoms with Crippen molar-refractivity contribution >= 4 is 0 Å². The monoisotopic (exact) mass is 249 g/mol. The quantitative estimate of drug-likeness (QED) is 0.831. The van der Waals surface area contributed by atoms with E-state index in [2.05, 4.69) is 10.1 Å². The highest BCUT2D eigenvalue weighted by atomic mass is 16.5. The Kier molecular flexibility index (Phi) is 3.64. The third-order valence-electron chi connectivity index (χ3n) is 4.28. The molecule has 0 amide bonds. The van der Waals surface area contributed by atoms with Gasteiger partial charge in [-0.05, 0) is 25.2 Å². The van der Waals surface area contributed by atoms with Gasteiger partial charge in [-0.3, -0.25) is 0 Å². The minimum absolute atomic E-state index is 0.0514. The normalized spacial score (nSPS) is 23.8. The highest BCUT2D eigenvalue weighted by molar-refractivity contribution is 4.99. The SMILES string of the molecule is NC(CC1CC1)c1nc(C2CCCCCC2)no1. The molecule has 2 saturated carbocycles. The van der Waals surface area contributed by atoms with Crippen LogP contribution in [0.1, 0.15) is 81.5 Å². The van der Waals surface area contributed by atoms with Crippen molar-refractivity contribution in [3.05, 3.63) is 11.7 Å². The predicted octanol–water partition coefficient (Wildman–Crippen LogP) is 3.31. The van der Waals surface area contributed by atoms with Gasteiger partial charge in [-0.2, -0.15) is 4.98 Å². The molecule has 1 atom stereocenters. The Morgan fingerprint density at radius 2 is 1.83 bits per heavy atom. The van der Waals surface area contributed by atoms with Gasteiger partial charge < -0.3 is 10.3 Å². The lowest BCUT2D eigenvalue weighted by atomic mass is 10.00. The van der Waals surface area contributed by atoms with Gasteiger partial charge in [0.25, 0.3) is 0 Å². The second-order valence-electron chi connectivity index (χ2n) is 5.96. The minimum Gasteiger partial charge on any atom is -0.338 e. The maximum Gasteiger partial charge on any atom is 0.243 e. The summed E-state index contributed by atoms with van der Waals surface area (Å²) in [5.41, 5.74) is 6.11. The second-order valence-corrected chi connectivity index (χ2v) is 5.96. The first-order valence-corrected chi connectivity index (χ1v) is 7.42. The van der Waals surface area contributed by atoms with Crippen molar-refractivity contribution in [2.24, 2.45) is 11.7 Å². The molecule has 100 valence electrons. The zero-order valence-corrected chi connectivity index (χ0v) is 11.0. The van der Waals surface area contributed by atoms with Crippen LogP contribution in [-0.2, 0) is 0 Å². The summed E-state index contributed by atoms with van der Waals surface area (Å²) in [6.45, 7) is 0. The summed E-state index contributed by atoms with van der Waals surface area (Å²) in [4.78, 5) is 4.55. The highest BCUT2D eigenvalue weighted by Gasteiger charge is 2.28. The average molecular weight is 249 g/mol. The summed E-state index contributed by atoms with van der Waals surface area (Å²) in [5.74, 6) is 2.85. The van der Waals surface area contributed by atoms with Crippen LogP contribution in [0.15, 0.2) is 4.52 Å². The summed E-state index contributed by atoms with van der Waals surface area (Å²) < 4.78 is 5.36. The summed E-state index contributed by atoms with van der Waals surface area (Å²) in [7, 11) is 0. The zero-order chi connectivity index (χ0) is 12.4. The van der Waals surface area contributed by atoms with Gasteiger partial charge in [0.1, 0.15) is 0 Å². The molecular weight excluding hydrogens is 226 g/mol. The van der Waals surface area contributed by atoms with Crippen LogP contribution in [-0.4, -0.2) is 10.1 Å². The molecule has 4 nitrogen and oxygen atoms in total. The lowest BCUT2D eigenvalue weighted by molar-refractivity contribution is 0.337. The van der Waals surface area contributed by atoms with Crippen molar-refractivity contribution in [2.75, 3.05) is 0 Å². The Morgan fingerprint density at radius 3 is 2.50 bits per heavy atom. The smallest absolute Gasteiger partial charge is 0.243 e. The molecule has 4 heteroatoms. The fourth-order valence-electron chi connectivity index (χ4n) is 2.91. The van der Waals surface area contributed by atoms with E-state index >= 15 is 0 Å². The van der Waals surface area contributed by atoms with E-state index in [0.29, 0.717) is 11.8 Å². The van der Waals surface area contributed by atoms with E-state index in [1.165, 1.54) is 51.4 Å². The van der Waals surface area contributed by atoms with Crippen LogP contribution in [0.4, 0.5) is 0 Å². The molecule has 0 radical (unpaired) electrons. The maximum atomic E-state index is 6.11. The van der Waals surface area contributed by atoms with E-state index in [1.54, 1.807) is 0 Å². The van der Waals surface area contributed by atoms with Gasteiger partial charge in [-0.15, -0.1) is 0 Å². The van der Waals surface area contributed by atoms with Crippen LogP contribution in [0.2, 0.25) is 0 Å². The van der Waals surface area contributed by atoms with Crippen LogP contribution in [0.5, 0.6) is 0 Å². The van der Waals surface area contributed by atoms with E-state index in [4.69, 9.17) is 10.3 Å². The molecule has 2 aliphatic carbocycles. The number of hydrogen-bond donors (Lipinski definition) is 1. The molecular formula is C14H23N3O.